The predicted octanol–water partition coefficient (Wildman–Crippen LogP) is 3.88. The van der Waals surface area contributed by atoms with E-state index in [-0.39, 0.29) is 35.5 Å². The minimum absolute atomic E-state index is 0. The monoisotopic (exact) mass is 549 g/mol. The normalized spacial score (nSPS) is 19.3. The molecule has 31 heavy (non-hydrogen) atoms. The van der Waals surface area contributed by atoms with Crippen LogP contribution in [0.15, 0.2) is 17.1 Å². The van der Waals surface area contributed by atoms with Gasteiger partial charge in [-0.2, -0.15) is 0 Å². The van der Waals surface area contributed by atoms with Crippen LogP contribution >= 0.6 is 24.0 Å². The largest absolute Gasteiger partial charge is 0.493 e. The zero-order valence-corrected chi connectivity index (χ0v) is 22.4. The fraction of sp³-hybridized carbons (Fsp3) is 0.696. The highest BCUT2D eigenvalue weighted by Gasteiger charge is 2.35. The van der Waals surface area contributed by atoms with Crippen LogP contribution in [0.3, 0.4) is 0 Å². The fourth-order valence-corrected chi connectivity index (χ4v) is 4.13. The van der Waals surface area contributed by atoms with E-state index in [1.165, 1.54) is 6.42 Å². The second-order valence-electron chi connectivity index (χ2n) is 8.68. The third-order valence-electron chi connectivity index (χ3n) is 5.53. The van der Waals surface area contributed by atoms with Crippen LogP contribution in [0.25, 0.3) is 0 Å². The van der Waals surface area contributed by atoms with Gasteiger partial charge >= 0.3 is 0 Å². The molecule has 2 N–H and O–H groups in total. The Bertz CT molecular complexity index is 707. The van der Waals surface area contributed by atoms with E-state index in [0.717, 1.165) is 44.1 Å². The van der Waals surface area contributed by atoms with Crippen molar-refractivity contribution in [2.75, 3.05) is 48.1 Å². The molecule has 0 aromatic heterocycles. The average Bonchev–Trinajstić information content (AvgIpc) is 2.74. The zero-order valence-electron chi connectivity index (χ0n) is 20.0. The van der Waals surface area contributed by atoms with E-state index in [1.54, 1.807) is 28.4 Å². The summed E-state index contributed by atoms with van der Waals surface area (Å²) >= 11 is 0. The molecule has 0 aliphatic carbocycles. The first-order chi connectivity index (χ1) is 14.3. The molecule has 1 fully saturated rings. The third kappa shape index (κ3) is 7.59. The van der Waals surface area contributed by atoms with Crippen molar-refractivity contribution in [2.24, 2.45) is 16.3 Å². The lowest BCUT2D eigenvalue weighted by Gasteiger charge is -2.40. The average molecular weight is 549 g/mol. The van der Waals surface area contributed by atoms with Gasteiger partial charge in [-0.25, -0.2) is 0 Å². The molecule has 1 aromatic carbocycles. The van der Waals surface area contributed by atoms with Crippen LogP contribution in [0.5, 0.6) is 17.2 Å². The SMILES string of the molecule is CN=C(NCCc1ccc(OC)c(OC)c1OC)NCC1CCCOC1C(C)(C)C.I. The number of aliphatic imine (C=N–C) groups is 1. The lowest BCUT2D eigenvalue weighted by Crippen LogP contribution is -2.47. The summed E-state index contributed by atoms with van der Waals surface area (Å²) in [5, 5.41) is 6.88. The zero-order chi connectivity index (χ0) is 22.1. The van der Waals surface area contributed by atoms with Gasteiger partial charge in [0.2, 0.25) is 5.75 Å². The second-order valence-corrected chi connectivity index (χ2v) is 8.68. The number of halogens is 1. The Morgan fingerprint density at radius 1 is 1.10 bits per heavy atom. The number of benzene rings is 1. The maximum atomic E-state index is 6.09. The first-order valence-corrected chi connectivity index (χ1v) is 10.7. The Balaban J connectivity index is 0.00000480. The first kappa shape index (κ1) is 27.6. The molecule has 7 nitrogen and oxygen atoms in total. The molecule has 0 spiro atoms. The summed E-state index contributed by atoms with van der Waals surface area (Å²) in [7, 11) is 6.68. The molecule has 0 radical (unpaired) electrons. The summed E-state index contributed by atoms with van der Waals surface area (Å²) in [4.78, 5) is 4.37. The molecule has 1 saturated heterocycles. The summed E-state index contributed by atoms with van der Waals surface area (Å²) in [6.45, 7) is 9.17. The minimum atomic E-state index is 0. The highest BCUT2D eigenvalue weighted by Crippen LogP contribution is 2.39. The van der Waals surface area contributed by atoms with Crippen molar-refractivity contribution < 1.29 is 18.9 Å². The highest BCUT2D eigenvalue weighted by atomic mass is 127. The number of methoxy groups -OCH3 is 3. The molecule has 0 bridgehead atoms. The van der Waals surface area contributed by atoms with Crippen molar-refractivity contribution >= 4 is 29.9 Å². The summed E-state index contributed by atoms with van der Waals surface area (Å²) in [5.41, 5.74) is 1.18. The van der Waals surface area contributed by atoms with E-state index in [2.05, 4.69) is 36.4 Å². The molecular weight excluding hydrogens is 509 g/mol. The molecule has 1 aliphatic heterocycles. The molecule has 0 saturated carbocycles. The van der Waals surface area contributed by atoms with E-state index >= 15 is 0 Å². The number of guanidine groups is 1. The van der Waals surface area contributed by atoms with E-state index < -0.39 is 0 Å². The van der Waals surface area contributed by atoms with Crippen molar-refractivity contribution in [3.63, 3.8) is 0 Å². The number of hydrogen-bond donors (Lipinski definition) is 2. The Hall–Kier alpha value is -1.42. The molecule has 1 heterocycles. The van der Waals surface area contributed by atoms with Crippen molar-refractivity contribution in [2.45, 2.75) is 46.1 Å². The maximum absolute atomic E-state index is 6.09. The van der Waals surface area contributed by atoms with Gasteiger partial charge in [-0.3, -0.25) is 4.99 Å². The van der Waals surface area contributed by atoms with Crippen LogP contribution in [-0.2, 0) is 11.2 Å². The number of nitrogens with one attached hydrogen (secondary N) is 2. The van der Waals surface area contributed by atoms with Gasteiger partial charge in [-0.1, -0.05) is 26.8 Å². The quantitative estimate of drug-likeness (QED) is 0.292. The van der Waals surface area contributed by atoms with E-state index in [1.807, 2.05) is 12.1 Å². The Kier molecular flexibility index (Phi) is 11.8. The van der Waals surface area contributed by atoms with E-state index in [9.17, 15) is 0 Å². The second kappa shape index (κ2) is 13.2. The molecule has 1 aromatic rings. The van der Waals surface area contributed by atoms with Gasteiger partial charge in [0.15, 0.2) is 17.5 Å². The van der Waals surface area contributed by atoms with Gasteiger partial charge in [0, 0.05) is 38.2 Å². The molecule has 2 unspecified atom stereocenters. The topological polar surface area (TPSA) is 73.3 Å². The smallest absolute Gasteiger partial charge is 0.203 e. The number of ether oxygens (including phenoxy) is 4. The number of hydrogen-bond acceptors (Lipinski definition) is 5. The van der Waals surface area contributed by atoms with Crippen LogP contribution in [0.4, 0.5) is 0 Å². The fourth-order valence-electron chi connectivity index (χ4n) is 4.13. The van der Waals surface area contributed by atoms with E-state index in [4.69, 9.17) is 18.9 Å². The lowest BCUT2D eigenvalue weighted by molar-refractivity contribution is -0.0835. The summed E-state index contributed by atoms with van der Waals surface area (Å²) in [5.74, 6) is 3.25. The first-order valence-electron chi connectivity index (χ1n) is 10.7. The molecule has 0 amide bonds. The minimum Gasteiger partial charge on any atom is -0.493 e. The summed E-state index contributed by atoms with van der Waals surface area (Å²) in [6, 6.07) is 3.91. The molecule has 178 valence electrons. The van der Waals surface area contributed by atoms with Gasteiger partial charge in [-0.15, -0.1) is 24.0 Å². The summed E-state index contributed by atoms with van der Waals surface area (Å²) in [6.07, 6.45) is 3.31. The van der Waals surface area contributed by atoms with Gasteiger partial charge in [0.05, 0.1) is 27.4 Å². The van der Waals surface area contributed by atoms with Gasteiger partial charge in [-0.05, 0) is 30.7 Å². The van der Waals surface area contributed by atoms with E-state index in [0.29, 0.717) is 23.2 Å². The molecular formula is C23H40IN3O4. The van der Waals surface area contributed by atoms with Crippen molar-refractivity contribution in [1.82, 2.24) is 10.6 Å². The van der Waals surface area contributed by atoms with Crippen LogP contribution in [-0.4, -0.2) is 60.1 Å². The van der Waals surface area contributed by atoms with Gasteiger partial charge < -0.3 is 29.6 Å². The van der Waals surface area contributed by atoms with Crippen LogP contribution in [0, 0.1) is 11.3 Å². The van der Waals surface area contributed by atoms with Gasteiger partial charge in [0.25, 0.3) is 0 Å². The summed E-state index contributed by atoms with van der Waals surface area (Å²) < 4.78 is 22.5. The van der Waals surface area contributed by atoms with Crippen molar-refractivity contribution in [1.29, 1.82) is 0 Å². The molecule has 8 heteroatoms. The van der Waals surface area contributed by atoms with Crippen LogP contribution in [0.1, 0.15) is 39.2 Å². The Labute approximate surface area is 204 Å². The van der Waals surface area contributed by atoms with Crippen molar-refractivity contribution in [3.8, 4) is 17.2 Å². The number of rotatable bonds is 8. The Morgan fingerprint density at radius 3 is 2.39 bits per heavy atom. The standard InChI is InChI=1S/C23H39N3O4.HI/c1-23(2,3)21-17(9-8-14-30-21)15-26-22(24-4)25-13-12-16-10-11-18(27-5)20(29-7)19(16)28-6;/h10-11,17,21H,8-9,12-15H2,1-7H3,(H2,24,25,26);1H. The van der Waals surface area contributed by atoms with Crippen LogP contribution in [0.2, 0.25) is 0 Å². The van der Waals surface area contributed by atoms with Gasteiger partial charge in [0.1, 0.15) is 0 Å². The molecule has 1 aliphatic rings. The molecule has 2 atom stereocenters. The highest BCUT2D eigenvalue weighted by molar-refractivity contribution is 14.0. The maximum Gasteiger partial charge on any atom is 0.203 e. The predicted molar refractivity (Wildman–Crippen MR) is 137 cm³/mol. The number of nitrogens with zero attached hydrogens (tertiary/aromatic N) is 1. The van der Waals surface area contributed by atoms with Crippen LogP contribution < -0.4 is 24.8 Å². The third-order valence-corrected chi connectivity index (χ3v) is 5.53. The molecule has 2 rings (SSSR count). The van der Waals surface area contributed by atoms with Crippen molar-refractivity contribution in [3.05, 3.63) is 17.7 Å². The lowest BCUT2D eigenvalue weighted by atomic mass is 9.78. The Morgan fingerprint density at radius 2 is 1.81 bits per heavy atom.